The zero-order valence-electron chi connectivity index (χ0n) is 15.1. The zero-order chi connectivity index (χ0) is 20.0. The molecule has 0 saturated heterocycles. The van der Waals surface area contributed by atoms with E-state index in [0.29, 0.717) is 17.8 Å². The van der Waals surface area contributed by atoms with Crippen LogP contribution in [0, 0.1) is 11.8 Å². The second-order valence-corrected chi connectivity index (χ2v) is 6.36. The van der Waals surface area contributed by atoms with E-state index in [2.05, 4.69) is 10.1 Å². The van der Waals surface area contributed by atoms with Crippen LogP contribution in [0.3, 0.4) is 0 Å². The molecule has 7 heteroatoms. The quantitative estimate of drug-likeness (QED) is 0.408. The molecule has 2 unspecified atom stereocenters. The maximum atomic E-state index is 11.8. The average Bonchev–Trinajstić information content (AvgIpc) is 2.63. The van der Waals surface area contributed by atoms with Gasteiger partial charge in [-0.15, -0.1) is 0 Å². The number of benzene rings is 2. The molecule has 0 aliphatic heterocycles. The van der Waals surface area contributed by atoms with Gasteiger partial charge < -0.3 is 15.6 Å². The molecule has 0 aromatic heterocycles. The molecule has 142 valence electrons. The molecule has 7 nitrogen and oxygen atoms in total. The summed E-state index contributed by atoms with van der Waals surface area (Å²) in [4.78, 5) is 34.5. The molecule has 2 aromatic carbocycles. The molecule has 0 saturated carbocycles. The second-order valence-electron chi connectivity index (χ2n) is 6.36. The fourth-order valence-electron chi connectivity index (χ4n) is 2.32. The fourth-order valence-corrected chi connectivity index (χ4v) is 2.32. The van der Waals surface area contributed by atoms with Crippen LogP contribution in [0.15, 0.2) is 48.5 Å². The molecule has 1 amide bonds. The number of anilines is 2. The number of nitrogen functional groups attached to an aromatic ring is 1. The largest absolute Gasteiger partial charge is 0.481 e. The number of hydrogen-bond donors (Lipinski definition) is 3. The summed E-state index contributed by atoms with van der Waals surface area (Å²) in [7, 11) is 0. The smallest absolute Gasteiger partial charge is 0.419 e. The molecule has 0 bridgehead atoms. The van der Waals surface area contributed by atoms with Gasteiger partial charge in [0.1, 0.15) is 0 Å². The van der Waals surface area contributed by atoms with Crippen LogP contribution in [0.2, 0.25) is 0 Å². The number of carboxylic acids is 1. The summed E-state index contributed by atoms with van der Waals surface area (Å²) < 4.78 is 4.66. The Morgan fingerprint density at radius 1 is 0.963 bits per heavy atom. The van der Waals surface area contributed by atoms with Crippen molar-refractivity contribution in [3.8, 4) is 0 Å². The maximum Gasteiger partial charge on any atom is 0.419 e. The normalized spacial score (nSPS) is 12.7. The van der Waals surface area contributed by atoms with Gasteiger partial charge in [0.05, 0.1) is 11.8 Å². The highest BCUT2D eigenvalue weighted by Crippen LogP contribution is 2.16. The lowest BCUT2D eigenvalue weighted by Crippen LogP contribution is -2.30. The molecular weight excluding hydrogens is 348 g/mol. The number of rotatable bonds is 6. The van der Waals surface area contributed by atoms with E-state index < -0.39 is 29.9 Å². The maximum absolute atomic E-state index is 11.8. The van der Waals surface area contributed by atoms with Crippen molar-refractivity contribution in [3.05, 3.63) is 59.7 Å². The number of amides is 1. The minimum absolute atomic E-state index is 0.466. The van der Waals surface area contributed by atoms with E-state index in [1.54, 1.807) is 12.1 Å². The number of hydrogen-bond acceptors (Lipinski definition) is 5. The number of nitrogens with two attached hydrogens (primary N) is 1. The van der Waals surface area contributed by atoms with Crippen molar-refractivity contribution in [2.45, 2.75) is 20.3 Å². The van der Waals surface area contributed by atoms with Crippen molar-refractivity contribution >= 4 is 29.4 Å². The molecule has 27 heavy (non-hydrogen) atoms. The van der Waals surface area contributed by atoms with Crippen LogP contribution >= 0.6 is 0 Å². The SMILES string of the molecule is CC(C(=O)O)C(C)C(=O)OC(=O)Nc1ccc(Cc2ccc(N)cc2)cc1. The molecule has 2 rings (SSSR count). The number of carboxylic acid groups (broad SMARTS) is 1. The molecule has 0 aliphatic rings. The molecule has 0 aliphatic carbocycles. The van der Waals surface area contributed by atoms with E-state index >= 15 is 0 Å². The summed E-state index contributed by atoms with van der Waals surface area (Å²) in [5.74, 6) is -3.90. The predicted octanol–water partition coefficient (Wildman–Crippen LogP) is 3.29. The Morgan fingerprint density at radius 3 is 2.00 bits per heavy atom. The van der Waals surface area contributed by atoms with E-state index in [1.165, 1.54) is 13.8 Å². The number of carbonyl (C=O) groups excluding carboxylic acids is 2. The third-order valence-electron chi connectivity index (χ3n) is 4.29. The van der Waals surface area contributed by atoms with Gasteiger partial charge in [0.2, 0.25) is 0 Å². The van der Waals surface area contributed by atoms with Crippen molar-refractivity contribution < 1.29 is 24.2 Å². The Bertz CT molecular complexity index is 815. The zero-order valence-corrected chi connectivity index (χ0v) is 15.1. The van der Waals surface area contributed by atoms with E-state index in [4.69, 9.17) is 10.8 Å². The van der Waals surface area contributed by atoms with Crippen molar-refractivity contribution in [1.82, 2.24) is 0 Å². The third kappa shape index (κ3) is 5.85. The van der Waals surface area contributed by atoms with Crippen LogP contribution in [-0.2, 0) is 20.7 Å². The molecule has 4 N–H and O–H groups in total. The van der Waals surface area contributed by atoms with Crippen LogP contribution in [0.5, 0.6) is 0 Å². The minimum atomic E-state index is -1.13. The van der Waals surface area contributed by atoms with E-state index in [9.17, 15) is 14.4 Å². The van der Waals surface area contributed by atoms with Crippen molar-refractivity contribution in [2.24, 2.45) is 11.8 Å². The second kappa shape index (κ2) is 8.84. The molecular formula is C20H22N2O5. The Balaban J connectivity index is 1.90. The number of nitrogens with one attached hydrogen (secondary N) is 1. The molecule has 0 radical (unpaired) electrons. The van der Waals surface area contributed by atoms with Gasteiger partial charge in [0, 0.05) is 11.4 Å². The van der Waals surface area contributed by atoms with Gasteiger partial charge in [-0.05, 0) is 41.8 Å². The first kappa shape index (κ1) is 20.0. The molecule has 0 spiro atoms. The molecule has 0 fully saturated rings. The summed E-state index contributed by atoms with van der Waals surface area (Å²) in [6.07, 6.45) is -0.232. The fraction of sp³-hybridized carbons (Fsp3) is 0.250. The first-order valence-electron chi connectivity index (χ1n) is 8.45. The lowest BCUT2D eigenvalue weighted by molar-refractivity contribution is -0.152. The van der Waals surface area contributed by atoms with Crippen LogP contribution in [-0.4, -0.2) is 23.1 Å². The van der Waals surface area contributed by atoms with Crippen LogP contribution in [0.1, 0.15) is 25.0 Å². The van der Waals surface area contributed by atoms with E-state index in [-0.39, 0.29) is 0 Å². The standard InChI is InChI=1S/C20H22N2O5/c1-12(18(23)24)13(2)19(25)27-20(26)22-17-9-5-15(6-10-17)11-14-3-7-16(21)8-4-14/h3-10,12-13H,11,21H2,1-2H3,(H,22,26)(H,23,24). The molecule has 2 aromatic rings. The Hall–Kier alpha value is -3.35. The van der Waals surface area contributed by atoms with Crippen molar-refractivity contribution in [3.63, 3.8) is 0 Å². The molecule has 0 heterocycles. The summed E-state index contributed by atoms with van der Waals surface area (Å²) >= 11 is 0. The van der Waals surface area contributed by atoms with Crippen molar-refractivity contribution in [2.75, 3.05) is 11.1 Å². The minimum Gasteiger partial charge on any atom is -0.481 e. The number of ether oxygens (including phenoxy) is 1. The lowest BCUT2D eigenvalue weighted by Gasteiger charge is -2.14. The van der Waals surface area contributed by atoms with Gasteiger partial charge in [-0.3, -0.25) is 14.9 Å². The number of aliphatic carboxylic acids is 1. The highest BCUT2D eigenvalue weighted by molar-refractivity contribution is 5.94. The number of carbonyl (C=O) groups is 3. The summed E-state index contributed by atoms with van der Waals surface area (Å²) in [5.41, 5.74) is 8.99. The van der Waals surface area contributed by atoms with Crippen molar-refractivity contribution in [1.29, 1.82) is 0 Å². The Labute approximate surface area is 157 Å². The average molecular weight is 370 g/mol. The topological polar surface area (TPSA) is 119 Å². The van der Waals surface area contributed by atoms with Crippen LogP contribution in [0.25, 0.3) is 0 Å². The highest BCUT2D eigenvalue weighted by Gasteiger charge is 2.28. The van der Waals surface area contributed by atoms with Gasteiger partial charge in [0.15, 0.2) is 0 Å². The van der Waals surface area contributed by atoms with Gasteiger partial charge in [0.25, 0.3) is 0 Å². The predicted molar refractivity (Wildman–Crippen MR) is 101 cm³/mol. The highest BCUT2D eigenvalue weighted by atomic mass is 16.6. The van der Waals surface area contributed by atoms with Gasteiger partial charge in [-0.2, -0.15) is 0 Å². The summed E-state index contributed by atoms with van der Waals surface area (Å²) in [6, 6.07) is 14.7. The first-order valence-corrected chi connectivity index (χ1v) is 8.45. The van der Waals surface area contributed by atoms with Gasteiger partial charge in [-0.1, -0.05) is 38.1 Å². The third-order valence-corrected chi connectivity index (χ3v) is 4.29. The summed E-state index contributed by atoms with van der Waals surface area (Å²) in [6.45, 7) is 2.78. The summed E-state index contributed by atoms with van der Waals surface area (Å²) in [5, 5.41) is 11.3. The Morgan fingerprint density at radius 2 is 1.48 bits per heavy atom. The number of esters is 1. The lowest BCUT2D eigenvalue weighted by atomic mass is 9.96. The van der Waals surface area contributed by atoms with Gasteiger partial charge in [-0.25, -0.2) is 4.79 Å². The van der Waals surface area contributed by atoms with Gasteiger partial charge >= 0.3 is 18.0 Å². The first-order chi connectivity index (χ1) is 12.8. The van der Waals surface area contributed by atoms with Crippen LogP contribution in [0.4, 0.5) is 16.2 Å². The molecule has 2 atom stereocenters. The van der Waals surface area contributed by atoms with E-state index in [1.807, 2.05) is 36.4 Å². The monoisotopic (exact) mass is 370 g/mol. The Kier molecular flexibility index (Phi) is 6.54. The van der Waals surface area contributed by atoms with Crippen LogP contribution < -0.4 is 11.1 Å². The van der Waals surface area contributed by atoms with E-state index in [0.717, 1.165) is 11.1 Å².